The lowest BCUT2D eigenvalue weighted by atomic mass is 9.98. The van der Waals surface area contributed by atoms with Gasteiger partial charge in [-0.1, -0.05) is 36.4 Å². The van der Waals surface area contributed by atoms with E-state index in [0.717, 1.165) is 24.2 Å². The van der Waals surface area contributed by atoms with Crippen LogP contribution in [0.25, 0.3) is 11.1 Å². The maximum atomic E-state index is 13.6. The van der Waals surface area contributed by atoms with Crippen molar-refractivity contribution in [2.24, 2.45) is 0 Å². The summed E-state index contributed by atoms with van der Waals surface area (Å²) in [5, 5.41) is 2.97. The maximum Gasteiger partial charge on any atom is 0.416 e. The van der Waals surface area contributed by atoms with Crippen molar-refractivity contribution in [3.63, 3.8) is 0 Å². The second-order valence-electron chi connectivity index (χ2n) is 8.75. The number of hydrogen-bond acceptors (Lipinski definition) is 5. The van der Waals surface area contributed by atoms with Gasteiger partial charge in [-0.2, -0.15) is 13.2 Å². The molecule has 194 valence electrons. The molecule has 4 rings (SSSR count). The molecule has 1 atom stereocenters. The summed E-state index contributed by atoms with van der Waals surface area (Å²) < 4.78 is 45.4. The van der Waals surface area contributed by atoms with Crippen molar-refractivity contribution in [1.82, 2.24) is 9.80 Å². The molecule has 0 spiro atoms. The summed E-state index contributed by atoms with van der Waals surface area (Å²) in [5.74, 6) is 0.416. The van der Waals surface area contributed by atoms with Gasteiger partial charge in [0, 0.05) is 38.9 Å². The fourth-order valence-electron chi connectivity index (χ4n) is 4.40. The van der Waals surface area contributed by atoms with E-state index in [0.29, 0.717) is 55.2 Å². The first-order valence-electron chi connectivity index (χ1n) is 12.0. The molecule has 1 amide bonds. The number of aldehydes is 1. The van der Waals surface area contributed by atoms with Gasteiger partial charge < -0.3 is 19.7 Å². The van der Waals surface area contributed by atoms with Crippen LogP contribution < -0.4 is 10.1 Å². The van der Waals surface area contributed by atoms with Gasteiger partial charge in [0.05, 0.1) is 11.1 Å². The van der Waals surface area contributed by atoms with E-state index < -0.39 is 17.8 Å². The fraction of sp³-hybridized carbons (Fsp3) is 0.286. The molecule has 9 heteroatoms. The Morgan fingerprint density at radius 2 is 1.78 bits per heavy atom. The topological polar surface area (TPSA) is 61.9 Å². The Morgan fingerprint density at radius 3 is 2.49 bits per heavy atom. The quantitative estimate of drug-likeness (QED) is 0.440. The predicted molar refractivity (Wildman–Crippen MR) is 136 cm³/mol. The summed E-state index contributed by atoms with van der Waals surface area (Å²) in [6.45, 7) is 2.33. The third-order valence-electron chi connectivity index (χ3n) is 6.38. The Morgan fingerprint density at radius 1 is 1.03 bits per heavy atom. The molecule has 37 heavy (non-hydrogen) atoms. The van der Waals surface area contributed by atoms with Crippen LogP contribution in [0.4, 0.5) is 18.9 Å². The van der Waals surface area contributed by atoms with Crippen LogP contribution in [0, 0.1) is 0 Å². The lowest BCUT2D eigenvalue weighted by molar-refractivity contribution is -0.137. The first kappa shape index (κ1) is 26.2. The van der Waals surface area contributed by atoms with Crippen molar-refractivity contribution >= 4 is 17.9 Å². The number of benzene rings is 3. The monoisotopic (exact) mass is 511 g/mol. The average molecular weight is 512 g/mol. The molecule has 1 aliphatic rings. The molecular formula is C28H28F3N3O3. The van der Waals surface area contributed by atoms with Gasteiger partial charge in [-0.15, -0.1) is 0 Å². The summed E-state index contributed by atoms with van der Waals surface area (Å²) in [7, 11) is 1.66. The Labute approximate surface area is 213 Å². The van der Waals surface area contributed by atoms with Crippen LogP contribution in [0.1, 0.15) is 15.9 Å². The van der Waals surface area contributed by atoms with Crippen molar-refractivity contribution in [3.8, 4) is 16.9 Å². The van der Waals surface area contributed by atoms with Crippen molar-refractivity contribution in [1.29, 1.82) is 0 Å². The molecule has 1 heterocycles. The van der Waals surface area contributed by atoms with Crippen LogP contribution in [-0.2, 0) is 11.0 Å². The number of anilines is 1. The highest BCUT2D eigenvalue weighted by molar-refractivity contribution is 6.02. The zero-order valence-electron chi connectivity index (χ0n) is 20.4. The number of carbonyl (C=O) groups is 2. The number of hydrogen-bond donors (Lipinski definition) is 1. The second kappa shape index (κ2) is 11.5. The van der Waals surface area contributed by atoms with Crippen LogP contribution in [0.2, 0.25) is 0 Å². The Bertz CT molecular complexity index is 1230. The highest BCUT2D eigenvalue weighted by atomic mass is 19.4. The van der Waals surface area contributed by atoms with E-state index in [9.17, 15) is 22.8 Å². The van der Waals surface area contributed by atoms with Crippen LogP contribution in [-0.4, -0.2) is 67.9 Å². The highest BCUT2D eigenvalue weighted by Crippen LogP contribution is 2.33. The zero-order chi connectivity index (χ0) is 26.4. The summed E-state index contributed by atoms with van der Waals surface area (Å²) in [4.78, 5) is 29.1. The number of amides is 1. The summed E-state index contributed by atoms with van der Waals surface area (Å²) in [6.07, 6.45) is -3.71. The molecule has 3 aromatic rings. The largest absolute Gasteiger partial charge is 0.492 e. The van der Waals surface area contributed by atoms with E-state index in [2.05, 4.69) is 10.2 Å². The molecule has 0 saturated carbocycles. The number of alkyl halides is 3. The lowest BCUT2D eigenvalue weighted by Gasteiger charge is -2.39. The van der Waals surface area contributed by atoms with Gasteiger partial charge in [0.2, 0.25) is 0 Å². The van der Waals surface area contributed by atoms with Crippen LogP contribution in [0.15, 0.2) is 72.8 Å². The number of rotatable bonds is 8. The van der Waals surface area contributed by atoms with E-state index in [1.54, 1.807) is 31.3 Å². The lowest BCUT2D eigenvalue weighted by Crippen LogP contribution is -2.56. The molecule has 1 N–H and O–H groups in total. The molecule has 3 aromatic carbocycles. The SMILES string of the molecule is CNc1ccc(-c2cccc(C(F)(F)F)c2)cc1C(=O)N1CCN(CCOc2ccccc2)CC1C=O. The van der Waals surface area contributed by atoms with Gasteiger partial charge in [-0.3, -0.25) is 9.69 Å². The molecule has 0 aromatic heterocycles. The van der Waals surface area contributed by atoms with E-state index in [1.807, 2.05) is 30.3 Å². The molecule has 1 fully saturated rings. The third kappa shape index (κ3) is 6.29. The highest BCUT2D eigenvalue weighted by Gasteiger charge is 2.33. The van der Waals surface area contributed by atoms with Gasteiger partial charge >= 0.3 is 6.18 Å². The number of ether oxygens (including phenoxy) is 1. The minimum absolute atomic E-state index is 0.296. The molecular weight excluding hydrogens is 483 g/mol. The number of carbonyl (C=O) groups excluding carboxylic acids is 2. The Kier molecular flexibility index (Phi) is 8.13. The number of halogens is 3. The summed E-state index contributed by atoms with van der Waals surface area (Å²) in [5.41, 5.74) is 0.896. The summed E-state index contributed by atoms with van der Waals surface area (Å²) in [6, 6.07) is 18.7. The van der Waals surface area contributed by atoms with Gasteiger partial charge in [0.15, 0.2) is 0 Å². The molecule has 1 aliphatic heterocycles. The maximum absolute atomic E-state index is 13.6. The van der Waals surface area contributed by atoms with Gasteiger partial charge in [-0.05, 0) is 47.5 Å². The van der Waals surface area contributed by atoms with Crippen molar-refractivity contribution in [2.45, 2.75) is 12.2 Å². The molecule has 0 radical (unpaired) electrons. The van der Waals surface area contributed by atoms with E-state index >= 15 is 0 Å². The molecule has 6 nitrogen and oxygen atoms in total. The molecule has 1 saturated heterocycles. The third-order valence-corrected chi connectivity index (χ3v) is 6.38. The van der Waals surface area contributed by atoms with Crippen LogP contribution >= 0.6 is 0 Å². The van der Waals surface area contributed by atoms with Gasteiger partial charge in [0.25, 0.3) is 5.91 Å². The number of nitrogens with one attached hydrogen (secondary N) is 1. The molecule has 0 aliphatic carbocycles. The molecule has 0 bridgehead atoms. The smallest absolute Gasteiger partial charge is 0.416 e. The predicted octanol–water partition coefficient (Wildman–Crippen LogP) is 4.82. The second-order valence-corrected chi connectivity index (χ2v) is 8.75. The van der Waals surface area contributed by atoms with E-state index in [-0.39, 0.29) is 5.91 Å². The van der Waals surface area contributed by atoms with Crippen molar-refractivity contribution < 1.29 is 27.5 Å². The zero-order valence-corrected chi connectivity index (χ0v) is 20.4. The number of nitrogens with zero attached hydrogens (tertiary/aromatic N) is 2. The number of piperazine rings is 1. The first-order chi connectivity index (χ1) is 17.8. The minimum Gasteiger partial charge on any atom is -0.492 e. The number of para-hydroxylation sites is 1. The van der Waals surface area contributed by atoms with Crippen molar-refractivity contribution in [2.75, 3.05) is 45.2 Å². The Balaban J connectivity index is 1.49. The fourth-order valence-corrected chi connectivity index (χ4v) is 4.40. The Hall–Kier alpha value is -3.85. The normalized spacial score (nSPS) is 16.3. The van der Waals surface area contributed by atoms with E-state index in [1.165, 1.54) is 11.0 Å². The first-order valence-corrected chi connectivity index (χ1v) is 12.0. The van der Waals surface area contributed by atoms with E-state index in [4.69, 9.17) is 4.74 Å². The van der Waals surface area contributed by atoms with Gasteiger partial charge in [0.1, 0.15) is 24.7 Å². The standard InChI is InChI=1S/C28H28F3N3O3/c1-32-26-11-10-21(20-6-5-7-22(16-20)28(29,30)31)17-25(26)27(36)34-13-12-33(18-23(34)19-35)14-15-37-24-8-3-2-4-9-24/h2-11,16-17,19,23,32H,12-15,18H2,1H3. The van der Waals surface area contributed by atoms with Gasteiger partial charge in [-0.25, -0.2) is 0 Å². The summed E-state index contributed by atoms with van der Waals surface area (Å²) >= 11 is 0. The molecule has 1 unspecified atom stereocenters. The van der Waals surface area contributed by atoms with Crippen LogP contribution in [0.5, 0.6) is 5.75 Å². The minimum atomic E-state index is -4.47. The van der Waals surface area contributed by atoms with Crippen molar-refractivity contribution in [3.05, 3.63) is 83.9 Å². The van der Waals surface area contributed by atoms with Crippen LogP contribution in [0.3, 0.4) is 0 Å². The average Bonchev–Trinajstić information content (AvgIpc) is 2.92.